The fourth-order valence-corrected chi connectivity index (χ4v) is 1.91. The van der Waals surface area contributed by atoms with E-state index in [1.165, 1.54) is 0 Å². The summed E-state index contributed by atoms with van der Waals surface area (Å²) < 4.78 is 6.33. The van der Waals surface area contributed by atoms with Gasteiger partial charge in [0.2, 0.25) is 0 Å². The molecule has 0 fully saturated rings. The Hall–Kier alpha value is -1.30. The van der Waals surface area contributed by atoms with Crippen molar-refractivity contribution in [3.63, 3.8) is 0 Å². The lowest BCUT2D eigenvalue weighted by atomic mass is 9.80. The van der Waals surface area contributed by atoms with Crippen molar-refractivity contribution in [2.75, 3.05) is 0 Å². The van der Waals surface area contributed by atoms with Gasteiger partial charge in [0.25, 0.3) is 0 Å². The number of para-hydroxylation sites is 1. The molecule has 0 bridgehead atoms. The quantitative estimate of drug-likeness (QED) is 0.850. The Balaban J connectivity index is 2.27. The molecule has 0 unspecified atom stereocenters. The van der Waals surface area contributed by atoms with Gasteiger partial charge in [-0.15, -0.1) is 0 Å². The zero-order chi connectivity index (χ0) is 12.3. The van der Waals surface area contributed by atoms with Gasteiger partial charge in [-0.05, 0) is 35.8 Å². The smallest absolute Gasteiger partial charge is 0.457 e. The predicted octanol–water partition coefficient (Wildman–Crippen LogP) is 1.92. The van der Waals surface area contributed by atoms with Crippen LogP contribution in [-0.2, 0) is 0 Å². The number of ether oxygens (including phenoxy) is 1. The molecule has 86 valence electrons. The highest BCUT2D eigenvalue weighted by atomic mass is 79.9. The van der Waals surface area contributed by atoms with Crippen LogP contribution in [0.1, 0.15) is 0 Å². The highest BCUT2D eigenvalue weighted by Gasteiger charge is 2.13. The molecule has 0 heterocycles. The molecule has 2 aromatic rings. The average molecular weight is 293 g/mol. The molecule has 0 saturated carbocycles. The molecule has 0 aliphatic rings. The molecule has 2 aromatic carbocycles. The molecule has 17 heavy (non-hydrogen) atoms. The Labute approximate surface area is 108 Å². The minimum Gasteiger partial charge on any atom is -0.457 e. The summed E-state index contributed by atoms with van der Waals surface area (Å²) in [4.78, 5) is 0. The molecule has 0 saturated heterocycles. The molecule has 3 nitrogen and oxygen atoms in total. The van der Waals surface area contributed by atoms with Crippen molar-refractivity contribution in [3.8, 4) is 11.5 Å². The van der Waals surface area contributed by atoms with Crippen LogP contribution in [0.3, 0.4) is 0 Å². The van der Waals surface area contributed by atoms with Crippen LogP contribution in [0, 0.1) is 0 Å². The van der Waals surface area contributed by atoms with E-state index in [9.17, 15) is 0 Å². The fraction of sp³-hybridized carbons (Fsp3) is 0. The van der Waals surface area contributed by atoms with Crippen molar-refractivity contribution < 1.29 is 14.8 Å². The second kappa shape index (κ2) is 5.36. The normalized spacial score (nSPS) is 10.1. The van der Waals surface area contributed by atoms with Crippen LogP contribution in [0.4, 0.5) is 0 Å². The number of hydrogen-bond acceptors (Lipinski definition) is 3. The van der Waals surface area contributed by atoms with Gasteiger partial charge in [0.15, 0.2) is 0 Å². The van der Waals surface area contributed by atoms with Crippen molar-refractivity contribution in [2.45, 2.75) is 0 Å². The average Bonchev–Trinajstić information content (AvgIpc) is 2.29. The van der Waals surface area contributed by atoms with Crippen LogP contribution in [0.5, 0.6) is 11.5 Å². The van der Waals surface area contributed by atoms with Crippen LogP contribution in [0.2, 0.25) is 0 Å². The van der Waals surface area contributed by atoms with E-state index in [-0.39, 0.29) is 0 Å². The van der Waals surface area contributed by atoms with Crippen molar-refractivity contribution in [2.24, 2.45) is 0 Å². The summed E-state index contributed by atoms with van der Waals surface area (Å²) in [5.41, 5.74) is 0.380. The zero-order valence-corrected chi connectivity index (χ0v) is 10.5. The maximum absolute atomic E-state index is 9.12. The third-order valence-electron chi connectivity index (χ3n) is 2.17. The monoisotopic (exact) mass is 292 g/mol. The standard InChI is InChI=1S/C12H10BBrO3/c14-10-6-9(13(15)16)7-12(8-10)17-11-4-2-1-3-5-11/h1-8,15-16H. The largest absolute Gasteiger partial charge is 0.488 e. The van der Waals surface area contributed by atoms with E-state index in [0.717, 1.165) is 4.47 Å². The van der Waals surface area contributed by atoms with Crippen molar-refractivity contribution in [1.29, 1.82) is 0 Å². The number of hydrogen-bond donors (Lipinski definition) is 2. The van der Waals surface area contributed by atoms with Gasteiger partial charge in [0.1, 0.15) is 11.5 Å². The SMILES string of the molecule is OB(O)c1cc(Br)cc(Oc2ccccc2)c1. The molecule has 0 radical (unpaired) electrons. The lowest BCUT2D eigenvalue weighted by molar-refractivity contribution is 0.425. The summed E-state index contributed by atoms with van der Waals surface area (Å²) in [6.45, 7) is 0. The highest BCUT2D eigenvalue weighted by molar-refractivity contribution is 9.10. The first-order valence-corrected chi connectivity index (χ1v) is 5.84. The molecular formula is C12H10BBrO3. The number of halogens is 1. The topological polar surface area (TPSA) is 49.7 Å². The minimum absolute atomic E-state index is 0.380. The van der Waals surface area contributed by atoms with Gasteiger partial charge in [-0.25, -0.2) is 0 Å². The molecule has 0 spiro atoms. The summed E-state index contributed by atoms with van der Waals surface area (Å²) >= 11 is 3.29. The molecule has 2 rings (SSSR count). The first-order valence-electron chi connectivity index (χ1n) is 5.05. The van der Waals surface area contributed by atoms with Gasteiger partial charge in [-0.3, -0.25) is 0 Å². The Morgan fingerprint density at radius 2 is 1.65 bits per heavy atom. The summed E-state index contributed by atoms with van der Waals surface area (Å²) in [6, 6.07) is 14.3. The summed E-state index contributed by atoms with van der Waals surface area (Å²) in [5.74, 6) is 1.25. The van der Waals surface area contributed by atoms with Crippen LogP contribution < -0.4 is 10.2 Å². The third kappa shape index (κ3) is 3.33. The highest BCUT2D eigenvalue weighted by Crippen LogP contribution is 2.23. The predicted molar refractivity (Wildman–Crippen MR) is 70.5 cm³/mol. The summed E-state index contributed by atoms with van der Waals surface area (Å²) in [6.07, 6.45) is 0. The number of benzene rings is 2. The van der Waals surface area contributed by atoms with Gasteiger partial charge in [0, 0.05) is 4.47 Å². The van der Waals surface area contributed by atoms with Crippen molar-refractivity contribution >= 4 is 28.5 Å². The molecule has 0 amide bonds. The lowest BCUT2D eigenvalue weighted by Gasteiger charge is -2.08. The van der Waals surface area contributed by atoms with Gasteiger partial charge >= 0.3 is 7.12 Å². The van der Waals surface area contributed by atoms with E-state index in [0.29, 0.717) is 17.0 Å². The van der Waals surface area contributed by atoms with Crippen LogP contribution >= 0.6 is 15.9 Å². The maximum atomic E-state index is 9.12. The van der Waals surface area contributed by atoms with Gasteiger partial charge in [0.05, 0.1) is 0 Å². The maximum Gasteiger partial charge on any atom is 0.488 e. The van der Waals surface area contributed by atoms with Crippen LogP contribution in [0.25, 0.3) is 0 Å². The minimum atomic E-state index is -1.51. The first kappa shape index (κ1) is 12.2. The Kier molecular flexibility index (Phi) is 3.84. The van der Waals surface area contributed by atoms with E-state index in [1.54, 1.807) is 18.2 Å². The molecule has 5 heteroatoms. The Morgan fingerprint density at radius 3 is 2.29 bits per heavy atom. The first-order chi connectivity index (χ1) is 8.15. The second-order valence-corrected chi connectivity index (χ2v) is 4.42. The third-order valence-corrected chi connectivity index (χ3v) is 2.63. The van der Waals surface area contributed by atoms with E-state index in [2.05, 4.69) is 15.9 Å². The fourth-order valence-electron chi connectivity index (χ4n) is 1.42. The Morgan fingerprint density at radius 1 is 0.941 bits per heavy atom. The van der Waals surface area contributed by atoms with Crippen LogP contribution in [0.15, 0.2) is 53.0 Å². The second-order valence-electron chi connectivity index (χ2n) is 3.51. The summed E-state index contributed by atoms with van der Waals surface area (Å²) in [7, 11) is -1.51. The zero-order valence-electron chi connectivity index (χ0n) is 8.88. The van der Waals surface area contributed by atoms with E-state index in [1.807, 2.05) is 30.3 Å². The molecule has 2 N–H and O–H groups in total. The molecule has 0 aliphatic heterocycles. The van der Waals surface area contributed by atoms with Gasteiger partial charge in [-0.1, -0.05) is 34.1 Å². The van der Waals surface area contributed by atoms with Crippen LogP contribution in [-0.4, -0.2) is 17.2 Å². The van der Waals surface area contributed by atoms with Gasteiger partial charge < -0.3 is 14.8 Å². The van der Waals surface area contributed by atoms with Crippen molar-refractivity contribution in [1.82, 2.24) is 0 Å². The van der Waals surface area contributed by atoms with E-state index >= 15 is 0 Å². The summed E-state index contributed by atoms with van der Waals surface area (Å²) in [5, 5.41) is 18.2. The van der Waals surface area contributed by atoms with Gasteiger partial charge in [-0.2, -0.15) is 0 Å². The lowest BCUT2D eigenvalue weighted by Crippen LogP contribution is -2.29. The molecular weight excluding hydrogens is 283 g/mol. The Bertz CT molecular complexity index is 502. The molecule has 0 aliphatic carbocycles. The van der Waals surface area contributed by atoms with E-state index in [4.69, 9.17) is 14.8 Å². The molecule has 0 atom stereocenters. The molecule has 0 aromatic heterocycles. The van der Waals surface area contributed by atoms with Crippen molar-refractivity contribution in [3.05, 3.63) is 53.0 Å². The number of rotatable bonds is 3. The van der Waals surface area contributed by atoms with E-state index < -0.39 is 7.12 Å².